The van der Waals surface area contributed by atoms with Gasteiger partial charge in [-0.3, -0.25) is 18.6 Å². The van der Waals surface area contributed by atoms with Gasteiger partial charge in [0.05, 0.1) is 6.61 Å². The third-order valence-corrected chi connectivity index (χ3v) is 12.3. The Balaban J connectivity index is 2.43. The molecular formula is C47H87O13P. The van der Waals surface area contributed by atoms with Crippen molar-refractivity contribution in [2.45, 2.75) is 249 Å². The van der Waals surface area contributed by atoms with Crippen LogP contribution in [0.15, 0.2) is 24.3 Å². The molecule has 13 nitrogen and oxygen atoms in total. The zero-order chi connectivity index (χ0) is 45.0. The van der Waals surface area contributed by atoms with Crippen molar-refractivity contribution < 1.29 is 63.1 Å². The minimum Gasteiger partial charge on any atom is -0.462 e. The summed E-state index contributed by atoms with van der Waals surface area (Å²) in [5.74, 6) is -1.11. The molecule has 0 radical (unpaired) electrons. The molecule has 0 aromatic heterocycles. The van der Waals surface area contributed by atoms with Crippen molar-refractivity contribution >= 4 is 19.8 Å². The Labute approximate surface area is 368 Å². The number of carbonyl (C=O) groups excluding carboxylic acids is 2. The highest BCUT2D eigenvalue weighted by Crippen LogP contribution is 2.47. The zero-order valence-corrected chi connectivity index (χ0v) is 38.9. The summed E-state index contributed by atoms with van der Waals surface area (Å²) in [6.07, 6.45) is 28.0. The molecule has 358 valence electrons. The fraction of sp³-hybridized carbons (Fsp3) is 0.872. The van der Waals surface area contributed by atoms with Gasteiger partial charge in [-0.05, 0) is 44.9 Å². The van der Waals surface area contributed by atoms with Gasteiger partial charge in [-0.1, -0.05) is 173 Å². The monoisotopic (exact) mass is 891 g/mol. The van der Waals surface area contributed by atoms with Crippen molar-refractivity contribution in [1.82, 2.24) is 0 Å². The summed E-state index contributed by atoms with van der Waals surface area (Å²) in [5, 5.41) is 50.2. The first-order valence-corrected chi connectivity index (χ1v) is 25.6. The van der Waals surface area contributed by atoms with Crippen molar-refractivity contribution in [3.8, 4) is 0 Å². The van der Waals surface area contributed by atoms with Crippen LogP contribution in [0.5, 0.6) is 0 Å². The van der Waals surface area contributed by atoms with E-state index in [0.29, 0.717) is 12.8 Å². The largest absolute Gasteiger partial charge is 0.472 e. The molecule has 14 heteroatoms. The van der Waals surface area contributed by atoms with E-state index >= 15 is 0 Å². The first-order valence-electron chi connectivity index (χ1n) is 24.1. The van der Waals surface area contributed by atoms with Gasteiger partial charge in [-0.15, -0.1) is 0 Å². The molecule has 0 amide bonds. The molecule has 0 aliphatic heterocycles. The maximum atomic E-state index is 12.8. The quantitative estimate of drug-likeness (QED) is 0.0147. The van der Waals surface area contributed by atoms with Crippen molar-refractivity contribution in [3.63, 3.8) is 0 Å². The lowest BCUT2D eigenvalue weighted by molar-refractivity contribution is -0.220. The van der Waals surface area contributed by atoms with E-state index in [2.05, 4.69) is 38.2 Å². The van der Waals surface area contributed by atoms with E-state index in [0.717, 1.165) is 64.2 Å². The molecule has 1 saturated carbocycles. The fourth-order valence-corrected chi connectivity index (χ4v) is 8.35. The topological polar surface area (TPSA) is 210 Å². The van der Waals surface area contributed by atoms with Crippen LogP contribution in [0.2, 0.25) is 0 Å². The third-order valence-electron chi connectivity index (χ3n) is 11.3. The Hall–Kier alpha value is -1.67. The number of carbonyl (C=O) groups is 2. The number of rotatable bonds is 40. The molecule has 1 aliphatic rings. The van der Waals surface area contributed by atoms with Crippen molar-refractivity contribution in [3.05, 3.63) is 24.3 Å². The maximum absolute atomic E-state index is 12.8. The summed E-state index contributed by atoms with van der Waals surface area (Å²) < 4.78 is 33.6. The molecule has 0 heterocycles. The number of phosphoric acid groups is 1. The van der Waals surface area contributed by atoms with Crippen LogP contribution in [0.3, 0.4) is 0 Å². The number of ether oxygens (including phenoxy) is 2. The molecule has 0 aromatic rings. The van der Waals surface area contributed by atoms with Crippen molar-refractivity contribution in [1.29, 1.82) is 0 Å². The van der Waals surface area contributed by atoms with Crippen LogP contribution >= 0.6 is 7.82 Å². The van der Waals surface area contributed by atoms with Gasteiger partial charge in [0.1, 0.15) is 43.2 Å². The second kappa shape index (κ2) is 37.7. The lowest BCUT2D eigenvalue weighted by Gasteiger charge is -2.41. The molecular weight excluding hydrogens is 803 g/mol. The Morgan fingerprint density at radius 3 is 1.36 bits per heavy atom. The predicted octanol–water partition coefficient (Wildman–Crippen LogP) is 9.62. The molecule has 6 N–H and O–H groups in total. The predicted molar refractivity (Wildman–Crippen MR) is 240 cm³/mol. The van der Waals surface area contributed by atoms with Gasteiger partial charge in [0.25, 0.3) is 0 Å². The van der Waals surface area contributed by atoms with Gasteiger partial charge in [0.2, 0.25) is 0 Å². The van der Waals surface area contributed by atoms with E-state index in [1.54, 1.807) is 0 Å². The first-order chi connectivity index (χ1) is 29.4. The maximum Gasteiger partial charge on any atom is 0.472 e. The van der Waals surface area contributed by atoms with Crippen LogP contribution in [0.25, 0.3) is 0 Å². The number of aliphatic hydroxyl groups excluding tert-OH is 5. The van der Waals surface area contributed by atoms with E-state index in [4.69, 9.17) is 18.5 Å². The summed E-state index contributed by atoms with van der Waals surface area (Å²) in [4.78, 5) is 35.7. The smallest absolute Gasteiger partial charge is 0.462 e. The summed E-state index contributed by atoms with van der Waals surface area (Å²) in [5.41, 5.74) is 0. The lowest BCUT2D eigenvalue weighted by atomic mass is 9.85. The van der Waals surface area contributed by atoms with E-state index in [-0.39, 0.29) is 12.8 Å². The van der Waals surface area contributed by atoms with Crippen LogP contribution < -0.4 is 0 Å². The molecule has 1 rings (SSSR count). The van der Waals surface area contributed by atoms with Gasteiger partial charge in [-0.25, -0.2) is 4.57 Å². The Bertz CT molecular complexity index is 1170. The van der Waals surface area contributed by atoms with E-state index in [1.165, 1.54) is 103 Å². The zero-order valence-electron chi connectivity index (χ0n) is 38.0. The summed E-state index contributed by atoms with van der Waals surface area (Å²) >= 11 is 0. The SMILES string of the molecule is CCCCCC=CCC=CCCCCCCCC(=O)O[C@H](COC(=O)CCCCCCCCCCCCCCCCCCC)COP(=O)(O)OC1C(O)C(O)C(O)[C@@H](O)C1O. The molecule has 8 atom stereocenters. The number of esters is 2. The number of phosphoric ester groups is 1. The van der Waals surface area contributed by atoms with Crippen molar-refractivity contribution in [2.24, 2.45) is 0 Å². The van der Waals surface area contributed by atoms with Crippen LogP contribution in [-0.4, -0.2) is 98.3 Å². The average molecular weight is 891 g/mol. The second-order valence-corrected chi connectivity index (χ2v) is 18.4. The van der Waals surface area contributed by atoms with Gasteiger partial charge in [0.15, 0.2) is 6.10 Å². The van der Waals surface area contributed by atoms with Crippen LogP contribution in [-0.2, 0) is 32.7 Å². The van der Waals surface area contributed by atoms with Gasteiger partial charge in [-0.2, -0.15) is 0 Å². The molecule has 0 aromatic carbocycles. The highest BCUT2D eigenvalue weighted by Gasteiger charge is 2.51. The minimum absolute atomic E-state index is 0.0834. The average Bonchev–Trinajstić information content (AvgIpc) is 3.24. The van der Waals surface area contributed by atoms with Gasteiger partial charge in [0, 0.05) is 12.8 Å². The standard InChI is InChI=1S/C47H87O13P/c1-3-5-7-9-11-13-15-17-19-20-22-23-25-27-29-31-33-35-40(48)57-37-39(38-58-61(55,56)60-47-45(53)43(51)42(50)44(52)46(47)54)59-41(49)36-34-32-30-28-26-24-21-18-16-14-12-10-8-6-4-2/h12,14,18,21,39,42-47,50-54H,3-11,13,15-17,19-20,22-38H2,1-2H3,(H,55,56)/t39-,42?,43-,44?,45?,46?,47?/m1/s1. The summed E-state index contributed by atoms with van der Waals surface area (Å²) in [6.45, 7) is 3.28. The van der Waals surface area contributed by atoms with Crippen LogP contribution in [0, 0.1) is 0 Å². The lowest BCUT2D eigenvalue weighted by Crippen LogP contribution is -2.64. The number of hydrogen-bond donors (Lipinski definition) is 6. The molecule has 1 aliphatic carbocycles. The first kappa shape index (κ1) is 57.3. The Kier molecular flexibility index (Phi) is 35.4. The molecule has 6 unspecified atom stereocenters. The van der Waals surface area contributed by atoms with Crippen LogP contribution in [0.4, 0.5) is 0 Å². The van der Waals surface area contributed by atoms with Crippen molar-refractivity contribution in [2.75, 3.05) is 13.2 Å². The summed E-state index contributed by atoms with van der Waals surface area (Å²) in [7, 11) is -5.12. The summed E-state index contributed by atoms with van der Waals surface area (Å²) in [6, 6.07) is 0. The van der Waals surface area contributed by atoms with Gasteiger partial charge < -0.3 is 39.9 Å². The molecule has 0 saturated heterocycles. The van der Waals surface area contributed by atoms with Gasteiger partial charge >= 0.3 is 19.8 Å². The molecule has 0 spiro atoms. The Morgan fingerprint density at radius 2 is 0.885 bits per heavy atom. The number of aliphatic hydroxyl groups is 5. The number of hydrogen-bond acceptors (Lipinski definition) is 12. The van der Waals surface area contributed by atoms with E-state index in [1.807, 2.05) is 0 Å². The number of unbranched alkanes of at least 4 members (excludes halogenated alkanes) is 24. The second-order valence-electron chi connectivity index (χ2n) is 17.0. The molecule has 61 heavy (non-hydrogen) atoms. The molecule has 1 fully saturated rings. The highest BCUT2D eigenvalue weighted by atomic mass is 31.2. The van der Waals surface area contributed by atoms with E-state index < -0.39 is 75.7 Å². The minimum atomic E-state index is -5.12. The fourth-order valence-electron chi connectivity index (χ4n) is 7.38. The molecule has 0 bridgehead atoms. The number of allylic oxidation sites excluding steroid dienone is 4. The third kappa shape index (κ3) is 30.2. The van der Waals surface area contributed by atoms with E-state index in [9.17, 15) is 44.6 Å². The Morgan fingerprint density at radius 1 is 0.508 bits per heavy atom. The normalized spacial score (nSPS) is 22.2. The van der Waals surface area contributed by atoms with Crippen LogP contribution in [0.1, 0.15) is 206 Å². The highest BCUT2D eigenvalue weighted by molar-refractivity contribution is 7.47.